The zero-order valence-electron chi connectivity index (χ0n) is 10.7. The molecule has 5 nitrogen and oxygen atoms in total. The second-order valence-electron chi connectivity index (χ2n) is 4.77. The van der Waals surface area contributed by atoms with Gasteiger partial charge < -0.3 is 15.1 Å². The van der Waals surface area contributed by atoms with Crippen LogP contribution in [0.25, 0.3) is 0 Å². The zero-order chi connectivity index (χ0) is 13.4. The highest BCUT2D eigenvalue weighted by Crippen LogP contribution is 2.23. The molecular weight excluding hydrogens is 242 g/mol. The molecule has 3 rings (SSSR count). The summed E-state index contributed by atoms with van der Waals surface area (Å²) in [6.07, 6.45) is 2.15. The number of oxazole rings is 1. The van der Waals surface area contributed by atoms with Crippen LogP contribution < -0.4 is 5.73 Å². The van der Waals surface area contributed by atoms with Crippen LogP contribution in [0.4, 0.5) is 5.69 Å². The molecule has 5 heteroatoms. The van der Waals surface area contributed by atoms with Gasteiger partial charge in [0.05, 0.1) is 5.69 Å². The van der Waals surface area contributed by atoms with Gasteiger partial charge in [-0.1, -0.05) is 6.07 Å². The van der Waals surface area contributed by atoms with Crippen molar-refractivity contribution in [2.24, 2.45) is 0 Å². The summed E-state index contributed by atoms with van der Waals surface area (Å²) >= 11 is 0. The fourth-order valence-electron chi connectivity index (χ4n) is 2.40. The van der Waals surface area contributed by atoms with Gasteiger partial charge in [-0.2, -0.15) is 0 Å². The average molecular weight is 257 g/mol. The van der Waals surface area contributed by atoms with E-state index in [0.29, 0.717) is 24.5 Å². The van der Waals surface area contributed by atoms with E-state index in [4.69, 9.17) is 10.2 Å². The van der Waals surface area contributed by atoms with Crippen molar-refractivity contribution in [3.8, 4) is 0 Å². The van der Waals surface area contributed by atoms with Gasteiger partial charge in [0.15, 0.2) is 6.39 Å². The third-order valence-electron chi connectivity index (χ3n) is 3.47. The summed E-state index contributed by atoms with van der Waals surface area (Å²) in [6, 6.07) is 5.87. The first kappa shape index (κ1) is 11.8. The van der Waals surface area contributed by atoms with Gasteiger partial charge in [-0.3, -0.25) is 4.79 Å². The summed E-state index contributed by atoms with van der Waals surface area (Å²) in [6.45, 7) is 3.03. The van der Waals surface area contributed by atoms with Crippen molar-refractivity contribution < 1.29 is 9.21 Å². The molecule has 0 atom stereocenters. The molecule has 1 aliphatic rings. The molecule has 0 aliphatic carbocycles. The second-order valence-corrected chi connectivity index (χ2v) is 4.77. The maximum absolute atomic E-state index is 12.3. The van der Waals surface area contributed by atoms with E-state index in [9.17, 15) is 4.79 Å². The van der Waals surface area contributed by atoms with Gasteiger partial charge in [-0.25, -0.2) is 4.98 Å². The first-order valence-corrected chi connectivity index (χ1v) is 6.22. The molecule has 0 saturated heterocycles. The lowest BCUT2D eigenvalue weighted by Gasteiger charge is -2.28. The van der Waals surface area contributed by atoms with Crippen LogP contribution in [0, 0.1) is 6.92 Å². The molecule has 98 valence electrons. The molecule has 0 unspecified atom stereocenters. The molecule has 2 aromatic rings. The Morgan fingerprint density at radius 2 is 2.26 bits per heavy atom. The summed E-state index contributed by atoms with van der Waals surface area (Å²) in [7, 11) is 0. The van der Waals surface area contributed by atoms with E-state index in [1.54, 1.807) is 11.8 Å². The summed E-state index contributed by atoms with van der Waals surface area (Å²) < 4.78 is 5.16. The van der Waals surface area contributed by atoms with E-state index in [1.807, 2.05) is 18.2 Å². The first-order chi connectivity index (χ1) is 9.15. The Labute approximate surface area is 111 Å². The minimum Gasteiger partial charge on any atom is -0.438 e. The fraction of sp³-hybridized carbons (Fsp3) is 0.286. The van der Waals surface area contributed by atoms with Gasteiger partial charge in [-0.15, -0.1) is 0 Å². The summed E-state index contributed by atoms with van der Waals surface area (Å²) in [5.74, 6) is 0.218. The number of hydrogen-bond donors (Lipinski definition) is 1. The van der Waals surface area contributed by atoms with Gasteiger partial charge in [0.25, 0.3) is 5.91 Å². The molecule has 0 bridgehead atoms. The van der Waals surface area contributed by atoms with Crippen molar-refractivity contribution in [2.45, 2.75) is 19.9 Å². The Hall–Kier alpha value is -2.30. The van der Waals surface area contributed by atoms with Crippen LogP contribution in [-0.4, -0.2) is 22.3 Å². The number of amides is 1. The number of aromatic nitrogens is 1. The molecule has 0 radical (unpaired) electrons. The maximum atomic E-state index is 12.3. The summed E-state index contributed by atoms with van der Waals surface area (Å²) in [4.78, 5) is 18.1. The van der Waals surface area contributed by atoms with E-state index in [1.165, 1.54) is 12.0 Å². The molecule has 2 N–H and O–H groups in total. The third kappa shape index (κ3) is 2.07. The fourth-order valence-corrected chi connectivity index (χ4v) is 2.40. The number of nitrogen functional groups attached to an aromatic ring is 1. The van der Waals surface area contributed by atoms with Crippen LogP contribution in [0.15, 0.2) is 29.0 Å². The van der Waals surface area contributed by atoms with Crippen LogP contribution in [0.3, 0.4) is 0 Å². The number of rotatable bonds is 1. The van der Waals surface area contributed by atoms with Crippen LogP contribution >= 0.6 is 0 Å². The van der Waals surface area contributed by atoms with Crippen LogP contribution in [0.1, 0.15) is 27.4 Å². The number of fused-ring (bicyclic) bond motifs is 1. The van der Waals surface area contributed by atoms with Gasteiger partial charge in [0.2, 0.25) is 5.76 Å². The zero-order valence-corrected chi connectivity index (χ0v) is 10.7. The molecule has 0 spiro atoms. The highest BCUT2D eigenvalue weighted by molar-refractivity contribution is 5.92. The maximum Gasteiger partial charge on any atom is 0.291 e. The minimum atomic E-state index is -0.108. The SMILES string of the molecule is Cc1ncoc1C(=O)N1CCc2ccc(N)cc2C1. The van der Waals surface area contributed by atoms with Crippen molar-refractivity contribution in [1.29, 1.82) is 0 Å². The Balaban J connectivity index is 1.86. The Morgan fingerprint density at radius 3 is 3.00 bits per heavy atom. The van der Waals surface area contributed by atoms with Gasteiger partial charge in [-0.05, 0) is 36.6 Å². The first-order valence-electron chi connectivity index (χ1n) is 6.22. The number of carbonyl (C=O) groups is 1. The number of aryl methyl sites for hydroxylation is 1. The minimum absolute atomic E-state index is 0.108. The second kappa shape index (κ2) is 4.42. The number of carbonyl (C=O) groups excluding carboxylic acids is 1. The molecule has 1 aliphatic heterocycles. The molecule has 2 heterocycles. The van der Waals surface area contributed by atoms with E-state index < -0.39 is 0 Å². The van der Waals surface area contributed by atoms with Gasteiger partial charge in [0.1, 0.15) is 0 Å². The number of anilines is 1. The summed E-state index contributed by atoms with van der Waals surface area (Å²) in [5.41, 5.74) is 9.51. The highest BCUT2D eigenvalue weighted by Gasteiger charge is 2.25. The molecule has 0 fully saturated rings. The Morgan fingerprint density at radius 1 is 1.42 bits per heavy atom. The Bertz CT molecular complexity index is 633. The lowest BCUT2D eigenvalue weighted by Crippen LogP contribution is -2.36. The predicted octanol–water partition coefficient (Wildman–Crippen LogP) is 1.76. The van der Waals surface area contributed by atoms with Gasteiger partial charge in [0, 0.05) is 18.8 Å². The Kier molecular flexibility index (Phi) is 2.74. The smallest absolute Gasteiger partial charge is 0.291 e. The lowest BCUT2D eigenvalue weighted by atomic mass is 9.99. The highest BCUT2D eigenvalue weighted by atomic mass is 16.3. The molecule has 1 aromatic carbocycles. The summed E-state index contributed by atoms with van der Waals surface area (Å²) in [5, 5.41) is 0. The van der Waals surface area contributed by atoms with E-state index >= 15 is 0 Å². The standard InChI is InChI=1S/C14H15N3O2/c1-9-13(19-8-16-9)14(18)17-5-4-10-2-3-12(15)6-11(10)7-17/h2-3,6,8H,4-5,7,15H2,1H3. The largest absolute Gasteiger partial charge is 0.438 e. The van der Waals surface area contributed by atoms with Crippen molar-refractivity contribution in [1.82, 2.24) is 9.88 Å². The molecule has 0 saturated carbocycles. The lowest BCUT2D eigenvalue weighted by molar-refractivity contribution is 0.0701. The normalized spacial score (nSPS) is 14.3. The van der Waals surface area contributed by atoms with Crippen molar-refractivity contribution >= 4 is 11.6 Å². The third-order valence-corrected chi connectivity index (χ3v) is 3.47. The van der Waals surface area contributed by atoms with Crippen LogP contribution in [0.5, 0.6) is 0 Å². The number of nitrogens with zero attached hydrogens (tertiary/aromatic N) is 2. The monoisotopic (exact) mass is 257 g/mol. The molecular formula is C14H15N3O2. The van der Waals surface area contributed by atoms with E-state index in [2.05, 4.69) is 4.98 Å². The average Bonchev–Trinajstić information content (AvgIpc) is 2.83. The van der Waals surface area contributed by atoms with Gasteiger partial charge >= 0.3 is 0 Å². The number of hydrogen-bond acceptors (Lipinski definition) is 4. The van der Waals surface area contributed by atoms with E-state index in [0.717, 1.165) is 17.7 Å². The topological polar surface area (TPSA) is 72.4 Å². The molecule has 19 heavy (non-hydrogen) atoms. The quantitative estimate of drug-likeness (QED) is 0.790. The van der Waals surface area contributed by atoms with Crippen molar-refractivity contribution in [3.63, 3.8) is 0 Å². The van der Waals surface area contributed by atoms with Crippen molar-refractivity contribution in [2.75, 3.05) is 12.3 Å². The predicted molar refractivity (Wildman–Crippen MR) is 70.5 cm³/mol. The number of benzene rings is 1. The van der Waals surface area contributed by atoms with E-state index in [-0.39, 0.29) is 5.91 Å². The van der Waals surface area contributed by atoms with Crippen LogP contribution in [-0.2, 0) is 13.0 Å². The van der Waals surface area contributed by atoms with Crippen LogP contribution in [0.2, 0.25) is 0 Å². The molecule has 1 amide bonds. The molecule has 1 aromatic heterocycles. The number of nitrogens with two attached hydrogens (primary N) is 1. The van der Waals surface area contributed by atoms with Crippen molar-refractivity contribution in [3.05, 3.63) is 47.2 Å².